The van der Waals surface area contributed by atoms with E-state index in [0.717, 1.165) is 12.1 Å². The molecule has 0 radical (unpaired) electrons. The number of nitrogens with one attached hydrogen (secondary N) is 4. The predicted octanol–water partition coefficient (Wildman–Crippen LogP) is 3.03. The number of anilines is 2. The van der Waals surface area contributed by atoms with E-state index in [2.05, 4.69) is 21.3 Å². The van der Waals surface area contributed by atoms with Crippen molar-refractivity contribution in [3.8, 4) is 0 Å². The molecule has 0 aliphatic rings. The van der Waals surface area contributed by atoms with Crippen molar-refractivity contribution >= 4 is 29.1 Å². The van der Waals surface area contributed by atoms with E-state index < -0.39 is 0 Å². The monoisotopic (exact) mass is 440 g/mol. The van der Waals surface area contributed by atoms with Crippen molar-refractivity contribution in [1.82, 2.24) is 10.6 Å². The Labute approximate surface area is 189 Å². The van der Waals surface area contributed by atoms with Crippen LogP contribution in [0.4, 0.5) is 11.4 Å². The number of ether oxygens (including phenoxy) is 1. The average Bonchev–Trinajstić information content (AvgIpc) is 2.74. The molecule has 0 aliphatic heterocycles. The Bertz CT molecular complexity index is 920. The van der Waals surface area contributed by atoms with Gasteiger partial charge in [-0.1, -0.05) is 6.07 Å². The molecule has 0 aromatic heterocycles. The normalized spacial score (nSPS) is 10.9. The van der Waals surface area contributed by atoms with E-state index in [1.165, 1.54) is 0 Å². The van der Waals surface area contributed by atoms with E-state index >= 15 is 0 Å². The fourth-order valence-electron chi connectivity index (χ4n) is 2.80. The highest BCUT2D eigenvalue weighted by Crippen LogP contribution is 2.13. The van der Waals surface area contributed by atoms with E-state index in [9.17, 15) is 14.4 Å². The molecular formula is C24H32N4O4. The molecular weight excluding hydrogens is 408 g/mol. The molecule has 8 nitrogen and oxygen atoms in total. The van der Waals surface area contributed by atoms with Gasteiger partial charge in [0.1, 0.15) is 0 Å². The summed E-state index contributed by atoms with van der Waals surface area (Å²) in [4.78, 5) is 36.7. The molecule has 0 fully saturated rings. The summed E-state index contributed by atoms with van der Waals surface area (Å²) < 4.78 is 4.96. The van der Waals surface area contributed by atoms with Gasteiger partial charge in [-0.25, -0.2) is 0 Å². The molecule has 0 unspecified atom stereocenters. The van der Waals surface area contributed by atoms with Crippen molar-refractivity contribution in [2.24, 2.45) is 0 Å². The van der Waals surface area contributed by atoms with Crippen LogP contribution >= 0.6 is 0 Å². The van der Waals surface area contributed by atoms with Crippen molar-refractivity contribution in [2.75, 3.05) is 37.4 Å². The molecule has 32 heavy (non-hydrogen) atoms. The molecule has 0 aliphatic carbocycles. The Morgan fingerprint density at radius 1 is 0.906 bits per heavy atom. The number of methoxy groups -OCH3 is 1. The van der Waals surface area contributed by atoms with Gasteiger partial charge in [-0.05, 0) is 69.7 Å². The lowest BCUT2D eigenvalue weighted by atomic mass is 10.1. The lowest BCUT2D eigenvalue weighted by Crippen LogP contribution is -2.40. The molecule has 0 atom stereocenters. The van der Waals surface area contributed by atoms with E-state index in [1.807, 2.05) is 20.8 Å². The fourth-order valence-corrected chi connectivity index (χ4v) is 2.80. The highest BCUT2D eigenvalue weighted by Gasteiger charge is 2.15. The minimum Gasteiger partial charge on any atom is -0.385 e. The van der Waals surface area contributed by atoms with Crippen LogP contribution in [-0.4, -0.2) is 50.1 Å². The Morgan fingerprint density at radius 2 is 1.62 bits per heavy atom. The number of carbonyl (C=O) groups excluding carboxylic acids is 3. The van der Waals surface area contributed by atoms with Gasteiger partial charge in [0.2, 0.25) is 5.91 Å². The fraction of sp³-hybridized carbons (Fsp3) is 0.375. The molecule has 3 amide bonds. The quantitative estimate of drug-likeness (QED) is 0.425. The van der Waals surface area contributed by atoms with Crippen LogP contribution in [-0.2, 0) is 9.53 Å². The lowest BCUT2D eigenvalue weighted by molar-refractivity contribution is -0.114. The van der Waals surface area contributed by atoms with Gasteiger partial charge in [0, 0.05) is 48.3 Å². The first kappa shape index (κ1) is 24.9. The third-order valence-electron chi connectivity index (χ3n) is 4.31. The van der Waals surface area contributed by atoms with Crippen LogP contribution in [0.1, 0.15) is 47.9 Å². The Hall–Kier alpha value is -3.39. The van der Waals surface area contributed by atoms with Gasteiger partial charge in [0.05, 0.1) is 6.54 Å². The highest BCUT2D eigenvalue weighted by atomic mass is 16.5. The number of rotatable bonds is 10. The highest BCUT2D eigenvalue weighted by molar-refractivity contribution is 5.98. The van der Waals surface area contributed by atoms with Crippen molar-refractivity contribution in [3.63, 3.8) is 0 Å². The maximum absolute atomic E-state index is 12.3. The van der Waals surface area contributed by atoms with Gasteiger partial charge >= 0.3 is 0 Å². The second-order valence-electron chi connectivity index (χ2n) is 8.37. The number of hydrogen-bond acceptors (Lipinski definition) is 5. The lowest BCUT2D eigenvalue weighted by Gasteiger charge is -2.20. The summed E-state index contributed by atoms with van der Waals surface area (Å²) in [6.07, 6.45) is 0.729. The molecule has 0 spiro atoms. The summed E-state index contributed by atoms with van der Waals surface area (Å²) in [5.74, 6) is -0.604. The van der Waals surface area contributed by atoms with E-state index in [1.54, 1.807) is 55.6 Å². The van der Waals surface area contributed by atoms with Gasteiger partial charge in [-0.2, -0.15) is 0 Å². The summed E-state index contributed by atoms with van der Waals surface area (Å²) in [5.41, 5.74) is 1.96. The summed E-state index contributed by atoms with van der Waals surface area (Å²) in [6, 6.07) is 13.7. The van der Waals surface area contributed by atoms with Crippen molar-refractivity contribution < 1.29 is 19.1 Å². The largest absolute Gasteiger partial charge is 0.385 e. The molecule has 172 valence electrons. The number of amides is 3. The third-order valence-corrected chi connectivity index (χ3v) is 4.31. The van der Waals surface area contributed by atoms with Crippen LogP contribution in [0.15, 0.2) is 48.5 Å². The van der Waals surface area contributed by atoms with E-state index in [4.69, 9.17) is 4.74 Å². The van der Waals surface area contributed by atoms with Crippen LogP contribution in [0.25, 0.3) is 0 Å². The first-order valence-electron chi connectivity index (χ1n) is 10.5. The predicted molar refractivity (Wildman–Crippen MR) is 126 cm³/mol. The second-order valence-corrected chi connectivity index (χ2v) is 8.37. The van der Waals surface area contributed by atoms with Gasteiger partial charge in [-0.15, -0.1) is 0 Å². The molecule has 2 rings (SSSR count). The molecule has 0 saturated heterocycles. The average molecular weight is 441 g/mol. The zero-order chi connectivity index (χ0) is 23.6. The molecule has 4 N–H and O–H groups in total. The minimum atomic E-state index is -0.311. The van der Waals surface area contributed by atoms with Crippen LogP contribution in [0.2, 0.25) is 0 Å². The van der Waals surface area contributed by atoms with Gasteiger partial charge < -0.3 is 26.0 Å². The molecule has 2 aromatic rings. The topological polar surface area (TPSA) is 109 Å². The first-order valence-corrected chi connectivity index (χ1v) is 10.5. The van der Waals surface area contributed by atoms with Crippen molar-refractivity contribution in [1.29, 1.82) is 0 Å². The third kappa shape index (κ3) is 8.77. The molecule has 0 saturated carbocycles. The Balaban J connectivity index is 1.84. The maximum Gasteiger partial charge on any atom is 0.251 e. The first-order chi connectivity index (χ1) is 15.2. The van der Waals surface area contributed by atoms with Crippen molar-refractivity contribution in [3.05, 3.63) is 59.7 Å². The molecule has 2 aromatic carbocycles. The Morgan fingerprint density at radius 3 is 2.28 bits per heavy atom. The van der Waals surface area contributed by atoms with Crippen LogP contribution < -0.4 is 21.3 Å². The van der Waals surface area contributed by atoms with Crippen LogP contribution in [0.3, 0.4) is 0 Å². The van der Waals surface area contributed by atoms with Gasteiger partial charge in [0.25, 0.3) is 11.8 Å². The van der Waals surface area contributed by atoms with E-state index in [-0.39, 0.29) is 29.8 Å². The smallest absolute Gasteiger partial charge is 0.251 e. The maximum atomic E-state index is 12.3. The SMILES string of the molecule is COCCCNC(=O)c1cccc(NC(=O)CNc2ccc(C(=O)NC(C)(C)C)cc2)c1. The zero-order valence-corrected chi connectivity index (χ0v) is 19.1. The summed E-state index contributed by atoms with van der Waals surface area (Å²) in [7, 11) is 1.62. The summed E-state index contributed by atoms with van der Waals surface area (Å²) >= 11 is 0. The van der Waals surface area contributed by atoms with E-state index in [0.29, 0.717) is 30.0 Å². The number of carbonyl (C=O) groups is 3. The summed E-state index contributed by atoms with van der Waals surface area (Å²) in [6.45, 7) is 6.90. The standard InChI is InChI=1S/C24H32N4O4/c1-24(2,3)28-23(31)17-9-11-19(12-10-17)26-16-21(29)27-20-8-5-7-18(15-20)22(30)25-13-6-14-32-4/h5,7-12,15,26H,6,13-14,16H2,1-4H3,(H,25,30)(H,27,29)(H,28,31). The van der Waals surface area contributed by atoms with Gasteiger partial charge in [0.15, 0.2) is 0 Å². The zero-order valence-electron chi connectivity index (χ0n) is 19.1. The second kappa shape index (κ2) is 11.9. The molecule has 0 bridgehead atoms. The number of hydrogen-bond donors (Lipinski definition) is 4. The van der Waals surface area contributed by atoms with Crippen molar-refractivity contribution in [2.45, 2.75) is 32.7 Å². The Kier molecular flexibility index (Phi) is 9.22. The molecule has 0 heterocycles. The number of benzene rings is 2. The minimum absolute atomic E-state index is 0.0426. The molecule has 8 heteroatoms. The van der Waals surface area contributed by atoms with Gasteiger partial charge in [-0.3, -0.25) is 14.4 Å². The van der Waals surface area contributed by atoms with Crippen LogP contribution in [0, 0.1) is 0 Å². The van der Waals surface area contributed by atoms with Crippen LogP contribution in [0.5, 0.6) is 0 Å². The summed E-state index contributed by atoms with van der Waals surface area (Å²) in [5, 5.41) is 11.5.